The number of nitrogens with one attached hydrogen (secondary N) is 1. The van der Waals surface area contributed by atoms with Crippen molar-refractivity contribution < 1.29 is 9.21 Å². The van der Waals surface area contributed by atoms with Crippen LogP contribution >= 0.6 is 11.6 Å². The Morgan fingerprint density at radius 3 is 2.85 bits per heavy atom. The molecule has 0 spiro atoms. The molecule has 106 valence electrons. The summed E-state index contributed by atoms with van der Waals surface area (Å²) in [7, 11) is 0. The molecule has 0 saturated heterocycles. The summed E-state index contributed by atoms with van der Waals surface area (Å²) >= 11 is 5.90. The maximum atomic E-state index is 12.1. The van der Waals surface area contributed by atoms with E-state index in [1.807, 2.05) is 13.8 Å². The van der Waals surface area contributed by atoms with E-state index in [4.69, 9.17) is 16.0 Å². The van der Waals surface area contributed by atoms with Gasteiger partial charge >= 0.3 is 5.63 Å². The van der Waals surface area contributed by atoms with Crippen LogP contribution in [0, 0.1) is 0 Å². The van der Waals surface area contributed by atoms with E-state index in [1.54, 1.807) is 18.2 Å². The molecule has 0 fully saturated rings. The van der Waals surface area contributed by atoms with Crippen LogP contribution in [0.4, 0.5) is 0 Å². The van der Waals surface area contributed by atoms with Gasteiger partial charge in [0.2, 0.25) is 0 Å². The van der Waals surface area contributed by atoms with Crippen molar-refractivity contribution >= 4 is 28.5 Å². The quantitative estimate of drug-likeness (QED) is 0.879. The molecule has 1 amide bonds. The Kier molecular flexibility index (Phi) is 4.45. The van der Waals surface area contributed by atoms with Gasteiger partial charge in [0.1, 0.15) is 11.1 Å². The van der Waals surface area contributed by atoms with E-state index in [9.17, 15) is 9.59 Å². The lowest BCUT2D eigenvalue weighted by molar-refractivity contribution is 0.0935. The van der Waals surface area contributed by atoms with Gasteiger partial charge in [0.05, 0.1) is 0 Å². The molecule has 5 heteroatoms. The number of hydrogen-bond acceptors (Lipinski definition) is 3. The molecule has 1 aromatic heterocycles. The molecule has 4 nitrogen and oxygen atoms in total. The zero-order chi connectivity index (χ0) is 14.7. The number of rotatable bonds is 4. The molecule has 0 bridgehead atoms. The first-order valence-electron chi connectivity index (χ1n) is 6.55. The summed E-state index contributed by atoms with van der Waals surface area (Å²) in [5.41, 5.74) is -0.221. The largest absolute Gasteiger partial charge is 0.422 e. The zero-order valence-electron chi connectivity index (χ0n) is 11.4. The fourth-order valence-electron chi connectivity index (χ4n) is 2.06. The SMILES string of the molecule is CCC[C@@H](C)NC(=O)c1cc2cc(Cl)ccc2oc1=O. The molecule has 0 aliphatic rings. The molecule has 2 rings (SSSR count). The van der Waals surface area contributed by atoms with Crippen LogP contribution in [0.25, 0.3) is 11.0 Å². The number of hydrogen-bond donors (Lipinski definition) is 1. The van der Waals surface area contributed by atoms with Gasteiger partial charge in [-0.25, -0.2) is 4.79 Å². The Balaban J connectivity index is 2.36. The molecular formula is C15H16ClNO3. The summed E-state index contributed by atoms with van der Waals surface area (Å²) < 4.78 is 5.14. The maximum Gasteiger partial charge on any atom is 0.349 e. The normalized spacial score (nSPS) is 12.3. The van der Waals surface area contributed by atoms with E-state index in [0.717, 1.165) is 12.8 Å². The molecule has 0 aliphatic heterocycles. The first-order valence-corrected chi connectivity index (χ1v) is 6.93. The van der Waals surface area contributed by atoms with Crippen molar-refractivity contribution in [3.8, 4) is 0 Å². The topological polar surface area (TPSA) is 59.3 Å². The minimum atomic E-state index is -0.638. The van der Waals surface area contributed by atoms with Crippen molar-refractivity contribution in [1.29, 1.82) is 0 Å². The molecule has 0 saturated carbocycles. The highest BCUT2D eigenvalue weighted by Gasteiger charge is 2.15. The van der Waals surface area contributed by atoms with Gasteiger partial charge < -0.3 is 9.73 Å². The van der Waals surface area contributed by atoms with E-state index in [2.05, 4.69) is 5.32 Å². The third kappa shape index (κ3) is 3.20. The maximum absolute atomic E-state index is 12.1. The van der Waals surface area contributed by atoms with Gasteiger partial charge in [-0.2, -0.15) is 0 Å². The van der Waals surface area contributed by atoms with Crippen LogP contribution < -0.4 is 10.9 Å². The monoisotopic (exact) mass is 293 g/mol. The lowest BCUT2D eigenvalue weighted by atomic mass is 10.1. The van der Waals surface area contributed by atoms with Crippen LogP contribution in [0.1, 0.15) is 37.0 Å². The van der Waals surface area contributed by atoms with Crippen LogP contribution in [0.5, 0.6) is 0 Å². The van der Waals surface area contributed by atoms with Gasteiger partial charge in [0.15, 0.2) is 0 Å². The van der Waals surface area contributed by atoms with Crippen molar-refractivity contribution in [3.05, 3.63) is 45.3 Å². The van der Waals surface area contributed by atoms with Crippen molar-refractivity contribution in [2.75, 3.05) is 0 Å². The molecule has 1 atom stereocenters. The summed E-state index contributed by atoms with van der Waals surface area (Å²) in [5.74, 6) is -0.415. The van der Waals surface area contributed by atoms with Crippen LogP contribution in [0.3, 0.4) is 0 Å². The summed E-state index contributed by atoms with van der Waals surface area (Å²) in [6.07, 6.45) is 1.82. The predicted octanol–water partition coefficient (Wildman–Crippen LogP) is 3.36. The molecule has 0 unspecified atom stereocenters. The highest BCUT2D eigenvalue weighted by Crippen LogP contribution is 2.18. The minimum Gasteiger partial charge on any atom is -0.422 e. The Morgan fingerprint density at radius 1 is 1.40 bits per heavy atom. The van der Waals surface area contributed by atoms with Crippen molar-refractivity contribution in [1.82, 2.24) is 5.32 Å². The van der Waals surface area contributed by atoms with Crippen LogP contribution in [-0.2, 0) is 0 Å². The van der Waals surface area contributed by atoms with Crippen LogP contribution in [0.15, 0.2) is 33.5 Å². The number of carbonyl (C=O) groups excluding carboxylic acids is 1. The molecule has 1 heterocycles. The Hall–Kier alpha value is -1.81. The predicted molar refractivity (Wildman–Crippen MR) is 79.3 cm³/mol. The summed E-state index contributed by atoms with van der Waals surface area (Å²) in [6.45, 7) is 3.94. The van der Waals surface area contributed by atoms with Crippen LogP contribution in [0.2, 0.25) is 5.02 Å². The molecular weight excluding hydrogens is 278 g/mol. The number of carbonyl (C=O) groups is 1. The highest BCUT2D eigenvalue weighted by atomic mass is 35.5. The fraction of sp³-hybridized carbons (Fsp3) is 0.333. The second-order valence-corrected chi connectivity index (χ2v) is 5.23. The lowest BCUT2D eigenvalue weighted by Gasteiger charge is -2.12. The van der Waals surface area contributed by atoms with Crippen molar-refractivity contribution in [3.63, 3.8) is 0 Å². The zero-order valence-corrected chi connectivity index (χ0v) is 12.2. The second-order valence-electron chi connectivity index (χ2n) is 4.79. The number of benzene rings is 1. The van der Waals surface area contributed by atoms with Gasteiger partial charge in [0.25, 0.3) is 5.91 Å². The van der Waals surface area contributed by atoms with Gasteiger partial charge in [0, 0.05) is 16.5 Å². The number of amides is 1. The molecule has 1 N–H and O–H groups in total. The Bertz CT molecular complexity index is 693. The van der Waals surface area contributed by atoms with Gasteiger partial charge in [-0.15, -0.1) is 0 Å². The van der Waals surface area contributed by atoms with E-state index < -0.39 is 11.5 Å². The number of halogens is 1. The molecule has 0 radical (unpaired) electrons. The molecule has 20 heavy (non-hydrogen) atoms. The van der Waals surface area contributed by atoms with Gasteiger partial charge in [-0.3, -0.25) is 4.79 Å². The van der Waals surface area contributed by atoms with Gasteiger partial charge in [-0.05, 0) is 37.6 Å². The van der Waals surface area contributed by atoms with E-state index in [1.165, 1.54) is 6.07 Å². The van der Waals surface area contributed by atoms with Crippen molar-refractivity contribution in [2.24, 2.45) is 0 Å². The third-order valence-corrected chi connectivity index (χ3v) is 3.27. The van der Waals surface area contributed by atoms with E-state index in [0.29, 0.717) is 16.0 Å². The van der Waals surface area contributed by atoms with E-state index >= 15 is 0 Å². The fourth-order valence-corrected chi connectivity index (χ4v) is 2.24. The smallest absolute Gasteiger partial charge is 0.349 e. The Morgan fingerprint density at radius 2 is 2.15 bits per heavy atom. The molecule has 1 aromatic carbocycles. The summed E-state index contributed by atoms with van der Waals surface area (Å²) in [6, 6.07) is 6.44. The molecule has 0 aliphatic carbocycles. The average Bonchev–Trinajstić information content (AvgIpc) is 2.38. The average molecular weight is 294 g/mol. The van der Waals surface area contributed by atoms with Crippen molar-refractivity contribution in [2.45, 2.75) is 32.7 Å². The third-order valence-electron chi connectivity index (χ3n) is 3.04. The highest BCUT2D eigenvalue weighted by molar-refractivity contribution is 6.31. The minimum absolute atomic E-state index is 0.00252. The second kappa shape index (κ2) is 6.09. The summed E-state index contributed by atoms with van der Waals surface area (Å²) in [5, 5.41) is 3.94. The van der Waals surface area contributed by atoms with Crippen LogP contribution in [-0.4, -0.2) is 11.9 Å². The number of fused-ring (bicyclic) bond motifs is 1. The Labute approximate surface area is 121 Å². The van der Waals surface area contributed by atoms with Gasteiger partial charge in [-0.1, -0.05) is 24.9 Å². The first-order chi connectivity index (χ1) is 9.51. The van der Waals surface area contributed by atoms with E-state index in [-0.39, 0.29) is 11.6 Å². The molecule has 2 aromatic rings. The first kappa shape index (κ1) is 14.6. The standard InChI is InChI=1S/C15H16ClNO3/c1-3-4-9(2)17-14(18)12-8-10-7-11(16)5-6-13(10)20-15(12)19/h5-9H,3-4H2,1-2H3,(H,17,18)/t9-/m1/s1. The lowest BCUT2D eigenvalue weighted by Crippen LogP contribution is -2.35. The summed E-state index contributed by atoms with van der Waals surface area (Å²) in [4.78, 5) is 23.9.